The Bertz CT molecular complexity index is 3140. The maximum absolute atomic E-state index is 8.78. The summed E-state index contributed by atoms with van der Waals surface area (Å²) < 4.78 is 91.5. The zero-order valence-electron chi connectivity index (χ0n) is 41.7. The summed E-state index contributed by atoms with van der Waals surface area (Å²) >= 11 is 0. The zero-order chi connectivity index (χ0) is 46.9. The van der Waals surface area contributed by atoms with E-state index in [1.807, 2.05) is 91.2 Å². The fourth-order valence-corrected chi connectivity index (χ4v) is 7.08. The predicted molar refractivity (Wildman–Crippen MR) is 229 cm³/mol. The van der Waals surface area contributed by atoms with Crippen LogP contribution in [0.15, 0.2) is 133 Å². The van der Waals surface area contributed by atoms with Crippen LogP contribution in [0.4, 0.5) is 0 Å². The molecule has 5 heteroatoms. The molecule has 0 bridgehead atoms. The molecule has 6 aromatic carbocycles. The molecule has 2 heterocycles. The largest absolute Gasteiger partial charge is 2.00 e. The van der Waals surface area contributed by atoms with Crippen LogP contribution in [0.25, 0.3) is 72.7 Å². The van der Waals surface area contributed by atoms with E-state index in [0.717, 1.165) is 33.4 Å². The molecule has 4 nitrogen and oxygen atoms in total. The summed E-state index contributed by atoms with van der Waals surface area (Å²) in [6, 6.07) is 33.5. The zero-order valence-corrected chi connectivity index (χ0v) is 33.9. The minimum absolute atomic E-state index is 0. The van der Waals surface area contributed by atoms with E-state index in [9.17, 15) is 0 Å². The number of imidazole rings is 1. The molecule has 280 valence electrons. The van der Waals surface area contributed by atoms with Crippen LogP contribution in [0.2, 0.25) is 0 Å². The molecule has 0 unspecified atom stereocenters. The Hall–Kier alpha value is -5.57. The van der Waals surface area contributed by atoms with Crippen LogP contribution >= 0.6 is 0 Å². The van der Waals surface area contributed by atoms with E-state index in [0.29, 0.717) is 56.2 Å². The van der Waals surface area contributed by atoms with Crippen LogP contribution in [-0.4, -0.2) is 14.5 Å². The van der Waals surface area contributed by atoms with Crippen LogP contribution in [0.1, 0.15) is 62.3 Å². The van der Waals surface area contributed by atoms with Crippen molar-refractivity contribution in [1.82, 2.24) is 14.5 Å². The fraction of sp³-hybridized carbons (Fsp3) is 0.157. The van der Waals surface area contributed by atoms with E-state index in [-0.39, 0.29) is 37.6 Å². The van der Waals surface area contributed by atoms with Crippen LogP contribution in [0.3, 0.4) is 0 Å². The second-order valence-corrected chi connectivity index (χ2v) is 14.8. The third-order valence-electron chi connectivity index (χ3n) is 9.75. The molecule has 0 spiro atoms. The third-order valence-corrected chi connectivity index (χ3v) is 9.75. The molecule has 0 radical (unpaired) electrons. The topological polar surface area (TPSA) is 39.9 Å². The summed E-state index contributed by atoms with van der Waals surface area (Å²) in [7, 11) is 3.80. The molecule has 0 aliphatic rings. The molecule has 0 amide bonds. The number of aromatic nitrogens is 3. The quantitative estimate of drug-likeness (QED) is 0.150. The summed E-state index contributed by atoms with van der Waals surface area (Å²) in [5.41, 5.74) is 8.74. The molecule has 0 saturated heterocycles. The third kappa shape index (κ3) is 7.51. The summed E-state index contributed by atoms with van der Waals surface area (Å²) in [6.07, 6.45) is 1.52. The number of fused-ring (bicyclic) bond motifs is 1. The van der Waals surface area contributed by atoms with Gasteiger partial charge in [0, 0.05) is 25.8 Å². The van der Waals surface area contributed by atoms with Crippen molar-refractivity contribution in [3.05, 3.63) is 174 Å². The van der Waals surface area contributed by atoms with Crippen molar-refractivity contribution in [2.24, 2.45) is 0 Å². The van der Waals surface area contributed by atoms with Gasteiger partial charge in [-0.25, -0.2) is 4.98 Å². The minimum atomic E-state index is -2.84. The molecule has 56 heavy (non-hydrogen) atoms. The Labute approximate surface area is 359 Å². The van der Waals surface area contributed by atoms with Gasteiger partial charge in [-0.05, 0) is 102 Å². The fourth-order valence-electron chi connectivity index (χ4n) is 7.08. The van der Waals surface area contributed by atoms with Gasteiger partial charge in [0.1, 0.15) is 5.82 Å². The van der Waals surface area contributed by atoms with Crippen molar-refractivity contribution in [2.75, 3.05) is 0 Å². The Morgan fingerprint density at radius 2 is 1.48 bits per heavy atom. The van der Waals surface area contributed by atoms with Gasteiger partial charge in [0.15, 0.2) is 0 Å². The van der Waals surface area contributed by atoms with Crippen molar-refractivity contribution in [3.63, 3.8) is 0 Å². The number of hydrogen-bond acceptors (Lipinski definition) is 3. The van der Waals surface area contributed by atoms with Gasteiger partial charge < -0.3 is 4.74 Å². The van der Waals surface area contributed by atoms with Gasteiger partial charge in [0.25, 0.3) is 0 Å². The van der Waals surface area contributed by atoms with E-state index in [1.165, 1.54) is 6.20 Å². The molecule has 8 rings (SSSR count). The maximum atomic E-state index is 8.78. The van der Waals surface area contributed by atoms with Gasteiger partial charge in [-0.2, -0.15) is 7.11 Å². The average molecular weight is 921 g/mol. The Morgan fingerprint density at radius 1 is 0.714 bits per heavy atom. The number of para-hydroxylation sites is 1. The van der Waals surface area contributed by atoms with Crippen molar-refractivity contribution in [2.45, 2.75) is 53.7 Å². The number of hydrogen-bond donors (Lipinski definition) is 0. The Morgan fingerprint density at radius 3 is 2.21 bits per heavy atom. The molecule has 2 aromatic heterocycles. The van der Waals surface area contributed by atoms with Crippen LogP contribution in [-0.2, 0) is 26.5 Å². The number of benzene rings is 6. The van der Waals surface area contributed by atoms with Crippen LogP contribution in [0, 0.1) is 40.7 Å². The molecule has 0 fully saturated rings. The first-order chi connectivity index (χ1) is 30.6. The van der Waals surface area contributed by atoms with Crippen molar-refractivity contribution >= 4 is 11.0 Å². The average Bonchev–Trinajstić information content (AvgIpc) is 3.65. The molecular weight excluding hydrogens is 866 g/mol. The monoisotopic (exact) mass is 920 g/mol. The Kier molecular flexibility index (Phi) is 7.74. The van der Waals surface area contributed by atoms with E-state index in [1.54, 1.807) is 24.3 Å². The molecule has 0 atom stereocenters. The van der Waals surface area contributed by atoms with Gasteiger partial charge in [-0.15, -0.1) is 29.3 Å². The van der Waals surface area contributed by atoms with E-state index < -0.39 is 43.4 Å². The standard InChI is InChI=1S/C51H45N3O.Pt/c1-32-17-19-37(20-18-32)38-21-22-52-46(31-38)41-27-40(28-42(29-41)51(5,6)7)44-15-12-16-47-48(44)53-50(45-26-33(2)23-35(4)49(45)55-8)54(47)43-25-34(3)24-39(30-43)36-13-10-9-11-14-36;/h9-26,28-31H,8H2,1-7H3;/q-2;+2/i1D3,3D3,17D,18D,19D,20D;. The number of rotatable bonds is 7. The molecule has 8 aromatic rings. The van der Waals surface area contributed by atoms with E-state index >= 15 is 0 Å². The summed E-state index contributed by atoms with van der Waals surface area (Å²) in [5, 5.41) is 0. The normalized spacial score (nSPS) is 14.5. The first-order valence-electron chi connectivity index (χ1n) is 23.0. The first kappa shape index (κ1) is 27.9. The van der Waals surface area contributed by atoms with Crippen molar-refractivity contribution in [3.8, 4) is 67.5 Å². The number of aryl methyl sites for hydroxylation is 3. The SMILES string of the molecule is [2H]c1c([2H])c(C([2H])([2H])[2H])c([2H])c([2H])c1-c1ccnc(-c2[c-]c(-c3cccc4c3nc(-c3cc(C)cc(C)c3O[CH2-])n4-c3cc(-c4ccccc4)cc(C([2H])([2H])[2H])c3)cc(C(C)(C)C)c2)c1.[Pt+2]. The first-order valence-corrected chi connectivity index (χ1v) is 18.0. The smallest absolute Gasteiger partial charge is 0.665 e. The van der Waals surface area contributed by atoms with Gasteiger partial charge in [-0.3, -0.25) is 9.55 Å². The van der Waals surface area contributed by atoms with Crippen LogP contribution < -0.4 is 4.74 Å². The minimum Gasteiger partial charge on any atom is -0.665 e. The number of pyridine rings is 1. The van der Waals surface area contributed by atoms with Gasteiger partial charge >= 0.3 is 21.1 Å². The molecule has 0 aliphatic carbocycles. The number of ether oxygens (including phenoxy) is 1. The van der Waals surface area contributed by atoms with Gasteiger partial charge in [0.2, 0.25) is 0 Å². The molecule has 0 aliphatic heterocycles. The van der Waals surface area contributed by atoms with Gasteiger partial charge in [-0.1, -0.05) is 122 Å². The summed E-state index contributed by atoms with van der Waals surface area (Å²) in [4.78, 5) is 10.1. The predicted octanol–water partition coefficient (Wildman–Crippen LogP) is 13.3. The second-order valence-electron chi connectivity index (χ2n) is 14.8. The van der Waals surface area contributed by atoms with Crippen molar-refractivity contribution < 1.29 is 39.5 Å². The van der Waals surface area contributed by atoms with E-state index in [4.69, 9.17) is 23.4 Å². The Balaban J connectivity index is 0.00000648. The molecular formula is C51H45N3OPt. The summed E-state index contributed by atoms with van der Waals surface area (Å²) in [6.45, 7) is 4.93. The molecule has 0 saturated carbocycles. The maximum Gasteiger partial charge on any atom is 2.00 e. The van der Waals surface area contributed by atoms with Crippen LogP contribution in [0.5, 0.6) is 5.75 Å². The van der Waals surface area contributed by atoms with Crippen molar-refractivity contribution in [1.29, 1.82) is 0 Å². The van der Waals surface area contributed by atoms with E-state index in [2.05, 4.69) is 45.0 Å². The second kappa shape index (κ2) is 15.5. The van der Waals surface area contributed by atoms with Gasteiger partial charge in [0.05, 0.1) is 27.8 Å². The number of nitrogens with zero attached hydrogens (tertiary/aromatic N) is 3. The summed E-state index contributed by atoms with van der Waals surface area (Å²) in [5.74, 6) is 1.03. The molecule has 0 N–H and O–H groups in total.